The molecular weight excluding hydrogens is 371 g/mol. The molecular formula is C15H17FN2O9. The number of ether oxygens (including phenoxy) is 4. The predicted octanol–water partition coefficient (Wildman–Crippen LogP) is -0.742. The minimum absolute atomic E-state index is 0.475. The van der Waals surface area contributed by atoms with Gasteiger partial charge in [0.25, 0.3) is 11.4 Å². The van der Waals surface area contributed by atoms with Crippen molar-refractivity contribution >= 4 is 12.1 Å². The molecule has 0 aliphatic carbocycles. The minimum Gasteiger partial charge on any atom is -0.443 e. The van der Waals surface area contributed by atoms with Crippen molar-refractivity contribution in [3.63, 3.8) is 0 Å². The summed E-state index contributed by atoms with van der Waals surface area (Å²) in [5, 5.41) is 9.24. The second-order valence-electron chi connectivity index (χ2n) is 6.34. The number of hydrogen-bond acceptors (Lipinski definition) is 9. The van der Waals surface area contributed by atoms with Crippen LogP contribution in [0, 0.1) is 5.92 Å². The molecule has 0 radical (unpaired) electrons. The van der Waals surface area contributed by atoms with Crippen LogP contribution in [0.4, 0.5) is 9.18 Å². The molecule has 3 rings (SSSR count). The largest absolute Gasteiger partial charge is 0.509 e. The van der Waals surface area contributed by atoms with Gasteiger partial charge in [-0.2, -0.15) is 0 Å². The molecule has 0 saturated carbocycles. The monoisotopic (exact) mass is 388 g/mol. The molecule has 0 unspecified atom stereocenters. The van der Waals surface area contributed by atoms with E-state index in [0.717, 1.165) is 16.8 Å². The average Bonchev–Trinajstić information content (AvgIpc) is 3.12. The lowest BCUT2D eigenvalue weighted by Crippen LogP contribution is -2.43. The van der Waals surface area contributed by atoms with Crippen molar-refractivity contribution in [3.05, 3.63) is 33.1 Å². The number of carbonyl (C=O) groups excluding carboxylic acids is 2. The van der Waals surface area contributed by atoms with Gasteiger partial charge in [-0.25, -0.2) is 18.5 Å². The molecule has 2 fully saturated rings. The van der Waals surface area contributed by atoms with Gasteiger partial charge >= 0.3 is 17.8 Å². The van der Waals surface area contributed by atoms with Crippen LogP contribution in [0.1, 0.15) is 20.1 Å². The summed E-state index contributed by atoms with van der Waals surface area (Å²) in [6.45, 7) is 1.34. The summed E-state index contributed by atoms with van der Waals surface area (Å²) in [5.74, 6) is -3.89. The van der Waals surface area contributed by atoms with Gasteiger partial charge in [-0.1, -0.05) is 13.8 Å². The summed E-state index contributed by atoms with van der Waals surface area (Å²) in [6.07, 6.45) is -4.62. The maximum Gasteiger partial charge on any atom is 0.509 e. The number of nitrogens with zero attached hydrogens (tertiary/aromatic N) is 2. The number of esters is 1. The normalized spacial score (nSPS) is 29.4. The molecule has 0 spiro atoms. The first-order valence-corrected chi connectivity index (χ1v) is 8.01. The molecule has 11 nitrogen and oxygen atoms in total. The summed E-state index contributed by atoms with van der Waals surface area (Å²) < 4.78 is 35.5. The van der Waals surface area contributed by atoms with Crippen molar-refractivity contribution in [2.75, 3.05) is 6.61 Å². The Kier molecular flexibility index (Phi) is 4.78. The highest BCUT2D eigenvalue weighted by Crippen LogP contribution is 2.44. The highest BCUT2D eigenvalue weighted by Gasteiger charge is 2.64. The number of halogens is 1. The zero-order valence-electron chi connectivity index (χ0n) is 14.4. The zero-order valence-corrected chi connectivity index (χ0v) is 14.4. The fourth-order valence-corrected chi connectivity index (χ4v) is 2.73. The molecule has 4 atom stereocenters. The number of aliphatic hydroxyl groups is 1. The van der Waals surface area contributed by atoms with Crippen LogP contribution < -0.4 is 11.2 Å². The maximum atomic E-state index is 14.7. The quantitative estimate of drug-likeness (QED) is 0.647. The molecule has 2 saturated heterocycles. The Hall–Kier alpha value is -2.73. The summed E-state index contributed by atoms with van der Waals surface area (Å²) in [5.41, 5.74) is -1.76. The van der Waals surface area contributed by atoms with Crippen LogP contribution in [0.15, 0.2) is 21.9 Å². The van der Waals surface area contributed by atoms with E-state index in [1.807, 2.05) is 0 Å². The van der Waals surface area contributed by atoms with E-state index in [2.05, 4.69) is 4.74 Å². The van der Waals surface area contributed by atoms with Crippen LogP contribution in [0.5, 0.6) is 0 Å². The number of carbonyl (C=O) groups is 2. The van der Waals surface area contributed by atoms with Crippen LogP contribution in [0.2, 0.25) is 0 Å². The van der Waals surface area contributed by atoms with Gasteiger partial charge in [0.2, 0.25) is 6.10 Å². The van der Waals surface area contributed by atoms with Crippen LogP contribution in [-0.4, -0.2) is 51.0 Å². The van der Waals surface area contributed by atoms with Crippen molar-refractivity contribution in [3.8, 4) is 0 Å². The van der Waals surface area contributed by atoms with Gasteiger partial charge in [-0.05, 0) is 0 Å². The molecule has 1 aromatic rings. The molecule has 0 amide bonds. The lowest BCUT2D eigenvalue weighted by atomic mass is 10.1. The molecule has 2 aliphatic heterocycles. The third-order valence-electron chi connectivity index (χ3n) is 4.17. The number of aliphatic hydroxyl groups excluding tert-OH is 1. The zero-order chi connectivity index (χ0) is 19.9. The Morgan fingerprint density at radius 2 is 2.07 bits per heavy atom. The van der Waals surface area contributed by atoms with Crippen molar-refractivity contribution in [1.82, 2.24) is 9.13 Å². The van der Waals surface area contributed by atoms with Crippen LogP contribution in [0.25, 0.3) is 0 Å². The molecule has 2 aliphatic rings. The van der Waals surface area contributed by atoms with E-state index in [9.17, 15) is 28.7 Å². The molecule has 148 valence electrons. The maximum absolute atomic E-state index is 14.7. The molecule has 3 heterocycles. The first-order chi connectivity index (χ1) is 12.7. The standard InChI is InChI=1S/C15H17FN2O9/c1-7(2)12(21)24-6-18-8(20)3-4-17(13(18)22)11-9-10(26-14(23)25-9)15(16,5-19)27-11/h3-4,7,9-11,19H,5-6H2,1-2H3/t9-,10+,11-,15-/m1/s1. The van der Waals surface area contributed by atoms with Crippen LogP contribution in [-0.2, 0) is 30.5 Å². The van der Waals surface area contributed by atoms with Crippen molar-refractivity contribution in [2.24, 2.45) is 5.92 Å². The summed E-state index contributed by atoms with van der Waals surface area (Å²) >= 11 is 0. The van der Waals surface area contributed by atoms with Gasteiger partial charge < -0.3 is 24.1 Å². The molecule has 0 aromatic carbocycles. The third-order valence-corrected chi connectivity index (χ3v) is 4.17. The van der Waals surface area contributed by atoms with Gasteiger partial charge in [0.1, 0.15) is 6.61 Å². The van der Waals surface area contributed by atoms with Gasteiger partial charge in [0.15, 0.2) is 19.1 Å². The summed E-state index contributed by atoms with van der Waals surface area (Å²) in [4.78, 5) is 47.5. The highest BCUT2D eigenvalue weighted by molar-refractivity contribution is 5.71. The number of fused-ring (bicyclic) bond motifs is 1. The minimum atomic E-state index is -2.79. The second kappa shape index (κ2) is 6.78. The molecule has 1 N–H and O–H groups in total. The summed E-state index contributed by atoms with van der Waals surface area (Å²) in [6, 6.07) is 0.970. The number of rotatable bonds is 5. The van der Waals surface area contributed by atoms with Gasteiger partial charge in [0, 0.05) is 12.3 Å². The van der Waals surface area contributed by atoms with Gasteiger partial charge in [-0.3, -0.25) is 14.2 Å². The third kappa shape index (κ3) is 3.21. The fraction of sp³-hybridized carbons (Fsp3) is 0.600. The van der Waals surface area contributed by atoms with Crippen LogP contribution in [0.3, 0.4) is 0 Å². The average molecular weight is 388 g/mol. The van der Waals surface area contributed by atoms with Gasteiger partial charge in [-0.15, -0.1) is 0 Å². The molecule has 12 heteroatoms. The van der Waals surface area contributed by atoms with Crippen molar-refractivity contribution < 1.29 is 38.0 Å². The van der Waals surface area contributed by atoms with E-state index in [1.165, 1.54) is 0 Å². The van der Waals surface area contributed by atoms with E-state index >= 15 is 0 Å². The van der Waals surface area contributed by atoms with Crippen LogP contribution >= 0.6 is 0 Å². The first-order valence-electron chi connectivity index (χ1n) is 8.01. The Labute approximate surface area is 150 Å². The van der Waals surface area contributed by atoms with Gasteiger partial charge in [0.05, 0.1) is 5.92 Å². The summed E-state index contributed by atoms with van der Waals surface area (Å²) in [7, 11) is 0. The number of alkyl halides is 1. The Bertz CT molecular complexity index is 879. The first kappa shape index (κ1) is 19.0. The predicted molar refractivity (Wildman–Crippen MR) is 82.1 cm³/mol. The Morgan fingerprint density at radius 3 is 2.70 bits per heavy atom. The molecule has 27 heavy (non-hydrogen) atoms. The smallest absolute Gasteiger partial charge is 0.443 e. The van der Waals surface area contributed by atoms with E-state index in [0.29, 0.717) is 4.57 Å². The fourth-order valence-electron chi connectivity index (χ4n) is 2.73. The van der Waals surface area contributed by atoms with E-state index < -0.39 is 66.9 Å². The van der Waals surface area contributed by atoms with Crippen molar-refractivity contribution in [1.29, 1.82) is 0 Å². The lowest BCUT2D eigenvalue weighted by molar-refractivity contribution is -0.211. The van der Waals surface area contributed by atoms with E-state index in [1.54, 1.807) is 13.8 Å². The SMILES string of the molecule is CC(C)C(=O)OCn1c(=O)ccn([C@@H]2O[C@](F)(CO)[C@H]3OC(=O)O[C@@H]23)c1=O. The Balaban J connectivity index is 1.94. The number of aromatic nitrogens is 2. The lowest BCUT2D eigenvalue weighted by Gasteiger charge is -2.21. The highest BCUT2D eigenvalue weighted by atomic mass is 19.2. The second-order valence-corrected chi connectivity index (χ2v) is 6.34. The van der Waals surface area contributed by atoms with E-state index in [-0.39, 0.29) is 0 Å². The molecule has 1 aromatic heterocycles. The molecule has 0 bridgehead atoms. The topological polar surface area (TPSA) is 135 Å². The van der Waals surface area contributed by atoms with E-state index in [4.69, 9.17) is 14.2 Å². The Morgan fingerprint density at radius 1 is 1.37 bits per heavy atom. The van der Waals surface area contributed by atoms with Crippen molar-refractivity contribution in [2.45, 2.75) is 44.9 Å². The number of hydrogen-bond donors (Lipinski definition) is 1.